The van der Waals surface area contributed by atoms with Crippen LogP contribution in [-0.2, 0) is 17.6 Å². The molecule has 0 radical (unpaired) electrons. The Morgan fingerprint density at radius 3 is 2.25 bits per heavy atom. The van der Waals surface area contributed by atoms with Crippen molar-refractivity contribution >= 4 is 0 Å². The van der Waals surface area contributed by atoms with Gasteiger partial charge in [-0.25, -0.2) is 0 Å². The van der Waals surface area contributed by atoms with E-state index < -0.39 is 5.60 Å². The minimum Gasteiger partial charge on any atom is -0.390 e. The van der Waals surface area contributed by atoms with Crippen LogP contribution in [0.3, 0.4) is 0 Å². The van der Waals surface area contributed by atoms with Gasteiger partial charge in [0.25, 0.3) is 0 Å². The summed E-state index contributed by atoms with van der Waals surface area (Å²) < 4.78 is 4.99. The molecule has 2 nitrogen and oxygen atoms in total. The Kier molecular flexibility index (Phi) is 4.97. The van der Waals surface area contributed by atoms with E-state index in [4.69, 9.17) is 4.74 Å². The highest BCUT2D eigenvalue weighted by molar-refractivity contribution is 5.23. The molecule has 0 saturated carbocycles. The molecule has 1 rings (SSSR count). The molecule has 1 aromatic carbocycles. The lowest BCUT2D eigenvalue weighted by molar-refractivity contribution is 0.0249. The lowest BCUT2D eigenvalue weighted by Crippen LogP contribution is -2.28. The molecule has 0 aliphatic rings. The zero-order chi connectivity index (χ0) is 12.0. The third kappa shape index (κ3) is 4.33. The van der Waals surface area contributed by atoms with E-state index in [2.05, 4.69) is 31.2 Å². The summed E-state index contributed by atoms with van der Waals surface area (Å²) in [6.45, 7) is 4.60. The van der Waals surface area contributed by atoms with Crippen molar-refractivity contribution in [1.82, 2.24) is 0 Å². The molecule has 0 bridgehead atoms. The van der Waals surface area contributed by atoms with Crippen LogP contribution in [0.5, 0.6) is 0 Å². The molecule has 1 aromatic rings. The van der Waals surface area contributed by atoms with Crippen LogP contribution in [0.15, 0.2) is 24.3 Å². The number of methoxy groups -OCH3 is 1. The molecule has 1 atom stereocenters. The maximum absolute atomic E-state index is 10.1. The summed E-state index contributed by atoms with van der Waals surface area (Å²) in [7, 11) is 1.66. The fraction of sp³-hybridized carbons (Fsp3) is 0.571. The number of aliphatic hydroxyl groups is 1. The predicted molar refractivity (Wildman–Crippen MR) is 66.6 cm³/mol. The molecule has 1 N–H and O–H groups in total. The Morgan fingerprint density at radius 1 is 1.19 bits per heavy atom. The number of ether oxygens (including phenoxy) is 1. The van der Waals surface area contributed by atoms with Crippen molar-refractivity contribution in [1.29, 1.82) is 0 Å². The summed E-state index contributed by atoms with van der Waals surface area (Å²) >= 11 is 0. The van der Waals surface area contributed by atoms with Gasteiger partial charge in [0, 0.05) is 20.1 Å². The van der Waals surface area contributed by atoms with Gasteiger partial charge in [-0.15, -0.1) is 0 Å². The third-order valence-electron chi connectivity index (χ3n) is 2.86. The van der Waals surface area contributed by atoms with Gasteiger partial charge in [0.1, 0.15) is 0 Å². The quantitative estimate of drug-likeness (QED) is 0.801. The van der Waals surface area contributed by atoms with Crippen LogP contribution >= 0.6 is 0 Å². The number of hydrogen-bond acceptors (Lipinski definition) is 2. The molecule has 0 heterocycles. The lowest BCUT2D eigenvalue weighted by atomic mass is 9.93. The van der Waals surface area contributed by atoms with Gasteiger partial charge in [0.2, 0.25) is 0 Å². The topological polar surface area (TPSA) is 29.5 Å². The second-order valence-corrected chi connectivity index (χ2v) is 4.59. The Hall–Kier alpha value is -0.860. The van der Waals surface area contributed by atoms with E-state index in [0.29, 0.717) is 19.4 Å². The van der Waals surface area contributed by atoms with E-state index in [1.54, 1.807) is 7.11 Å². The van der Waals surface area contributed by atoms with Crippen LogP contribution in [-0.4, -0.2) is 24.4 Å². The number of aryl methyl sites for hydroxylation is 1. The van der Waals surface area contributed by atoms with Crippen molar-refractivity contribution in [3.05, 3.63) is 35.4 Å². The van der Waals surface area contributed by atoms with Gasteiger partial charge in [-0.2, -0.15) is 0 Å². The SMILES string of the molecule is CCc1ccc(CC(C)(O)CCOC)cc1. The maximum Gasteiger partial charge on any atom is 0.0681 e. The Morgan fingerprint density at radius 2 is 1.75 bits per heavy atom. The van der Waals surface area contributed by atoms with Crippen LogP contribution in [0.4, 0.5) is 0 Å². The summed E-state index contributed by atoms with van der Waals surface area (Å²) in [5, 5.41) is 10.1. The van der Waals surface area contributed by atoms with Crippen LogP contribution in [0.1, 0.15) is 31.4 Å². The van der Waals surface area contributed by atoms with E-state index in [-0.39, 0.29) is 0 Å². The first-order valence-corrected chi connectivity index (χ1v) is 5.86. The normalized spacial score (nSPS) is 14.8. The molecule has 0 aromatic heterocycles. The fourth-order valence-corrected chi connectivity index (χ4v) is 1.74. The van der Waals surface area contributed by atoms with Crippen molar-refractivity contribution in [2.24, 2.45) is 0 Å². The monoisotopic (exact) mass is 222 g/mol. The number of rotatable bonds is 6. The van der Waals surface area contributed by atoms with Crippen LogP contribution < -0.4 is 0 Å². The average molecular weight is 222 g/mol. The van der Waals surface area contributed by atoms with Crippen LogP contribution in [0.2, 0.25) is 0 Å². The van der Waals surface area contributed by atoms with Gasteiger partial charge in [-0.05, 0) is 30.9 Å². The molecule has 0 aliphatic carbocycles. The van der Waals surface area contributed by atoms with Gasteiger partial charge in [0.15, 0.2) is 0 Å². The number of benzene rings is 1. The van der Waals surface area contributed by atoms with Crippen molar-refractivity contribution in [2.45, 2.75) is 38.7 Å². The van der Waals surface area contributed by atoms with Gasteiger partial charge < -0.3 is 9.84 Å². The summed E-state index contributed by atoms with van der Waals surface area (Å²) in [4.78, 5) is 0. The summed E-state index contributed by atoms with van der Waals surface area (Å²) in [5.74, 6) is 0. The van der Waals surface area contributed by atoms with Gasteiger partial charge in [0.05, 0.1) is 5.60 Å². The summed E-state index contributed by atoms with van der Waals surface area (Å²) in [5.41, 5.74) is 1.84. The third-order valence-corrected chi connectivity index (χ3v) is 2.86. The minimum absolute atomic E-state index is 0.597. The van der Waals surface area contributed by atoms with E-state index in [9.17, 15) is 5.11 Å². The molecular weight excluding hydrogens is 200 g/mol. The van der Waals surface area contributed by atoms with Crippen LogP contribution in [0.25, 0.3) is 0 Å². The predicted octanol–water partition coefficient (Wildman–Crippen LogP) is 2.58. The largest absolute Gasteiger partial charge is 0.390 e. The van der Waals surface area contributed by atoms with Crippen LogP contribution in [0, 0.1) is 0 Å². The zero-order valence-electron chi connectivity index (χ0n) is 10.5. The van der Waals surface area contributed by atoms with Crippen molar-refractivity contribution in [3.8, 4) is 0 Å². The summed E-state index contributed by atoms with van der Waals surface area (Å²) in [6.07, 6.45) is 2.40. The van der Waals surface area contributed by atoms with E-state index in [1.807, 2.05) is 6.92 Å². The standard InChI is InChI=1S/C14H22O2/c1-4-12-5-7-13(8-6-12)11-14(2,15)9-10-16-3/h5-8,15H,4,9-11H2,1-3H3. The van der Waals surface area contributed by atoms with E-state index in [1.165, 1.54) is 11.1 Å². The molecule has 16 heavy (non-hydrogen) atoms. The summed E-state index contributed by atoms with van der Waals surface area (Å²) in [6, 6.07) is 8.45. The molecule has 0 amide bonds. The van der Waals surface area contributed by atoms with Crippen molar-refractivity contribution in [3.63, 3.8) is 0 Å². The second-order valence-electron chi connectivity index (χ2n) is 4.59. The highest BCUT2D eigenvalue weighted by Gasteiger charge is 2.20. The highest BCUT2D eigenvalue weighted by Crippen LogP contribution is 2.17. The average Bonchev–Trinajstić information content (AvgIpc) is 2.27. The maximum atomic E-state index is 10.1. The van der Waals surface area contributed by atoms with E-state index >= 15 is 0 Å². The molecule has 1 unspecified atom stereocenters. The molecular formula is C14H22O2. The Bertz CT molecular complexity index is 301. The number of hydrogen-bond donors (Lipinski definition) is 1. The first kappa shape index (κ1) is 13.2. The van der Waals surface area contributed by atoms with E-state index in [0.717, 1.165) is 6.42 Å². The van der Waals surface area contributed by atoms with Crippen molar-refractivity contribution in [2.75, 3.05) is 13.7 Å². The van der Waals surface area contributed by atoms with Gasteiger partial charge in [-0.1, -0.05) is 31.2 Å². The Labute approximate surface area is 98.3 Å². The van der Waals surface area contributed by atoms with Gasteiger partial charge in [-0.3, -0.25) is 0 Å². The molecule has 2 heteroatoms. The molecule has 0 aliphatic heterocycles. The molecule has 0 spiro atoms. The lowest BCUT2D eigenvalue weighted by Gasteiger charge is -2.23. The molecule has 90 valence electrons. The first-order chi connectivity index (χ1) is 7.57. The van der Waals surface area contributed by atoms with Crippen molar-refractivity contribution < 1.29 is 9.84 Å². The molecule has 0 fully saturated rings. The molecule has 0 saturated heterocycles. The minimum atomic E-state index is -0.677. The fourth-order valence-electron chi connectivity index (χ4n) is 1.74. The highest BCUT2D eigenvalue weighted by atomic mass is 16.5. The smallest absolute Gasteiger partial charge is 0.0681 e. The zero-order valence-corrected chi connectivity index (χ0v) is 10.5. The second kappa shape index (κ2) is 6.02. The first-order valence-electron chi connectivity index (χ1n) is 5.86. The Balaban J connectivity index is 2.57. The van der Waals surface area contributed by atoms with Gasteiger partial charge >= 0.3 is 0 Å².